The summed E-state index contributed by atoms with van der Waals surface area (Å²) in [7, 11) is 1.40. The van der Waals surface area contributed by atoms with Crippen LogP contribution in [0.1, 0.15) is 27.9 Å². The first kappa shape index (κ1) is 19.8. The van der Waals surface area contributed by atoms with Gasteiger partial charge in [0.15, 0.2) is 11.5 Å². The van der Waals surface area contributed by atoms with Gasteiger partial charge in [-0.15, -0.1) is 0 Å². The molecule has 2 amide bonds. The minimum atomic E-state index is -0.798. The third-order valence-electron chi connectivity index (χ3n) is 3.96. The molecule has 150 valence electrons. The number of pyridine rings is 1. The Morgan fingerprint density at radius 1 is 1.28 bits per heavy atom. The smallest absolute Gasteiger partial charge is 0.271 e. The first-order valence-electron chi connectivity index (χ1n) is 8.68. The third kappa shape index (κ3) is 4.15. The fraction of sp³-hybridized carbons (Fsp3) is 0.158. The number of carbonyl (C=O) groups excluding carboxylic acids is 2. The van der Waals surface area contributed by atoms with Gasteiger partial charge in [-0.3, -0.25) is 9.59 Å². The maximum absolute atomic E-state index is 14.3. The standard InChI is InChI=1S/C19H19FN6O3/c1-3-22-19(28)13-8-7-11(9-23-13)24-14-10-26(25-16(14)18(21)27)17-12(20)5-4-6-15(17)29-2/h4-10,24H,3H2,1-2H3,(H2,21,27)(H,22,28). The number of nitrogens with two attached hydrogens (primary N) is 1. The number of ether oxygens (including phenoxy) is 1. The van der Waals surface area contributed by atoms with Crippen molar-refractivity contribution in [3.63, 3.8) is 0 Å². The molecule has 2 aromatic heterocycles. The van der Waals surface area contributed by atoms with E-state index in [0.29, 0.717) is 12.2 Å². The lowest BCUT2D eigenvalue weighted by atomic mass is 10.2. The van der Waals surface area contributed by atoms with E-state index in [2.05, 4.69) is 20.7 Å². The molecule has 0 fully saturated rings. The normalized spacial score (nSPS) is 10.4. The predicted octanol–water partition coefficient (Wildman–Crippen LogP) is 2.01. The van der Waals surface area contributed by atoms with Crippen LogP contribution in [-0.4, -0.2) is 40.2 Å². The first-order chi connectivity index (χ1) is 13.9. The van der Waals surface area contributed by atoms with Gasteiger partial charge < -0.3 is 21.1 Å². The van der Waals surface area contributed by atoms with E-state index >= 15 is 0 Å². The molecule has 1 aromatic carbocycles. The number of anilines is 2. The Kier molecular flexibility index (Phi) is 5.72. The molecule has 0 aliphatic rings. The van der Waals surface area contributed by atoms with Crippen LogP contribution < -0.4 is 21.1 Å². The molecule has 0 unspecified atom stereocenters. The molecule has 0 atom stereocenters. The fourth-order valence-corrected chi connectivity index (χ4v) is 2.65. The predicted molar refractivity (Wildman–Crippen MR) is 104 cm³/mol. The Labute approximate surface area is 165 Å². The molecule has 4 N–H and O–H groups in total. The van der Waals surface area contributed by atoms with Gasteiger partial charge in [-0.05, 0) is 31.2 Å². The first-order valence-corrected chi connectivity index (χ1v) is 8.68. The summed E-state index contributed by atoms with van der Waals surface area (Å²) >= 11 is 0. The van der Waals surface area contributed by atoms with Crippen molar-refractivity contribution in [2.45, 2.75) is 6.92 Å². The maximum Gasteiger partial charge on any atom is 0.271 e. The van der Waals surface area contributed by atoms with Crippen LogP contribution >= 0.6 is 0 Å². The number of hydrogen-bond acceptors (Lipinski definition) is 6. The van der Waals surface area contributed by atoms with Crippen LogP contribution in [0.2, 0.25) is 0 Å². The average Bonchev–Trinajstić information content (AvgIpc) is 3.12. The Balaban J connectivity index is 1.95. The van der Waals surface area contributed by atoms with E-state index in [1.807, 2.05) is 0 Å². The Morgan fingerprint density at radius 2 is 2.07 bits per heavy atom. The van der Waals surface area contributed by atoms with Crippen LogP contribution in [0.25, 0.3) is 5.69 Å². The van der Waals surface area contributed by atoms with Crippen LogP contribution in [0.5, 0.6) is 5.75 Å². The van der Waals surface area contributed by atoms with Gasteiger partial charge in [-0.25, -0.2) is 14.1 Å². The number of primary amides is 1. The van der Waals surface area contributed by atoms with Crippen LogP contribution in [0.4, 0.5) is 15.8 Å². The van der Waals surface area contributed by atoms with E-state index in [4.69, 9.17) is 10.5 Å². The number of rotatable bonds is 7. The van der Waals surface area contributed by atoms with Crippen LogP contribution in [0.15, 0.2) is 42.7 Å². The minimum absolute atomic E-state index is 0.0373. The second kappa shape index (κ2) is 8.38. The zero-order valence-corrected chi connectivity index (χ0v) is 15.8. The zero-order chi connectivity index (χ0) is 21.0. The van der Waals surface area contributed by atoms with Gasteiger partial charge in [0.1, 0.15) is 17.1 Å². The SMILES string of the molecule is CCNC(=O)c1ccc(Nc2cn(-c3c(F)cccc3OC)nc2C(N)=O)cn1. The molecule has 10 heteroatoms. The number of halogens is 1. The van der Waals surface area contributed by atoms with Crippen molar-refractivity contribution < 1.29 is 18.7 Å². The lowest BCUT2D eigenvalue weighted by Crippen LogP contribution is -2.23. The number of para-hydroxylation sites is 1. The molecule has 29 heavy (non-hydrogen) atoms. The van der Waals surface area contributed by atoms with Crippen molar-refractivity contribution in [3.05, 3.63) is 59.9 Å². The quantitative estimate of drug-likeness (QED) is 0.559. The van der Waals surface area contributed by atoms with E-state index < -0.39 is 11.7 Å². The lowest BCUT2D eigenvalue weighted by molar-refractivity contribution is 0.0949. The molecule has 3 rings (SSSR count). The molecule has 9 nitrogen and oxygen atoms in total. The second-order valence-corrected chi connectivity index (χ2v) is 5.91. The fourth-order valence-electron chi connectivity index (χ4n) is 2.65. The van der Waals surface area contributed by atoms with Gasteiger partial charge in [0, 0.05) is 6.54 Å². The highest BCUT2D eigenvalue weighted by Gasteiger charge is 2.19. The summed E-state index contributed by atoms with van der Waals surface area (Å²) in [6.45, 7) is 2.29. The lowest BCUT2D eigenvalue weighted by Gasteiger charge is -2.09. The number of benzene rings is 1. The highest BCUT2D eigenvalue weighted by Crippen LogP contribution is 2.28. The number of amides is 2. The molecule has 0 bridgehead atoms. The van der Waals surface area contributed by atoms with Crippen LogP contribution in [0.3, 0.4) is 0 Å². The minimum Gasteiger partial charge on any atom is -0.494 e. The summed E-state index contributed by atoms with van der Waals surface area (Å²) in [4.78, 5) is 27.7. The summed E-state index contributed by atoms with van der Waals surface area (Å²) in [5.41, 5.74) is 6.34. The zero-order valence-electron chi connectivity index (χ0n) is 15.8. The van der Waals surface area contributed by atoms with E-state index in [1.165, 1.54) is 42.4 Å². The summed E-state index contributed by atoms with van der Waals surface area (Å²) in [5, 5.41) is 9.70. The van der Waals surface area contributed by atoms with Crippen molar-refractivity contribution in [1.82, 2.24) is 20.1 Å². The van der Waals surface area contributed by atoms with Gasteiger partial charge in [-0.1, -0.05) is 6.07 Å². The van der Waals surface area contributed by atoms with Crippen molar-refractivity contribution in [3.8, 4) is 11.4 Å². The topological polar surface area (TPSA) is 124 Å². The summed E-state index contributed by atoms with van der Waals surface area (Å²) in [6, 6.07) is 7.46. The van der Waals surface area contributed by atoms with Crippen molar-refractivity contribution >= 4 is 23.2 Å². The molecule has 0 saturated carbocycles. The van der Waals surface area contributed by atoms with Gasteiger partial charge in [-0.2, -0.15) is 5.10 Å². The van der Waals surface area contributed by atoms with E-state index in [-0.39, 0.29) is 34.4 Å². The van der Waals surface area contributed by atoms with E-state index in [9.17, 15) is 14.0 Å². The molecular formula is C19H19FN6O3. The number of carbonyl (C=O) groups is 2. The molecule has 3 aromatic rings. The highest BCUT2D eigenvalue weighted by atomic mass is 19.1. The van der Waals surface area contributed by atoms with Gasteiger partial charge >= 0.3 is 0 Å². The Hall–Kier alpha value is -3.95. The van der Waals surface area contributed by atoms with E-state index in [0.717, 1.165) is 0 Å². The summed E-state index contributed by atoms with van der Waals surface area (Å²) in [6.07, 6.45) is 2.84. The Bertz CT molecular complexity index is 1050. The number of nitrogens with zero attached hydrogens (tertiary/aromatic N) is 3. The molecule has 0 radical (unpaired) electrons. The highest BCUT2D eigenvalue weighted by molar-refractivity contribution is 5.97. The van der Waals surface area contributed by atoms with Gasteiger partial charge in [0.2, 0.25) is 0 Å². The molecular weight excluding hydrogens is 379 g/mol. The number of methoxy groups -OCH3 is 1. The number of aromatic nitrogens is 3. The van der Waals surface area contributed by atoms with Crippen molar-refractivity contribution in [2.75, 3.05) is 19.0 Å². The van der Waals surface area contributed by atoms with Gasteiger partial charge in [0.05, 0.1) is 30.9 Å². The second-order valence-electron chi connectivity index (χ2n) is 5.91. The number of nitrogens with one attached hydrogen (secondary N) is 2. The molecule has 0 saturated heterocycles. The van der Waals surface area contributed by atoms with Crippen LogP contribution in [0, 0.1) is 5.82 Å². The summed E-state index contributed by atoms with van der Waals surface area (Å²) < 4.78 is 20.7. The number of hydrogen-bond donors (Lipinski definition) is 3. The van der Waals surface area contributed by atoms with E-state index in [1.54, 1.807) is 19.1 Å². The summed E-state index contributed by atoms with van der Waals surface area (Å²) in [5.74, 6) is -1.43. The maximum atomic E-state index is 14.3. The third-order valence-corrected chi connectivity index (χ3v) is 3.96. The van der Waals surface area contributed by atoms with Gasteiger partial charge in [0.25, 0.3) is 11.8 Å². The van der Waals surface area contributed by atoms with Crippen molar-refractivity contribution in [2.24, 2.45) is 5.73 Å². The molecule has 0 aliphatic carbocycles. The molecule has 2 heterocycles. The monoisotopic (exact) mass is 398 g/mol. The Morgan fingerprint density at radius 3 is 2.69 bits per heavy atom. The largest absolute Gasteiger partial charge is 0.494 e. The van der Waals surface area contributed by atoms with Crippen LogP contribution in [-0.2, 0) is 0 Å². The molecule has 0 aliphatic heterocycles. The van der Waals surface area contributed by atoms with Crippen molar-refractivity contribution in [1.29, 1.82) is 0 Å². The molecule has 0 spiro atoms. The average molecular weight is 398 g/mol.